The van der Waals surface area contributed by atoms with Crippen LogP contribution in [0.1, 0.15) is 36.0 Å². The summed E-state index contributed by atoms with van der Waals surface area (Å²) in [5, 5.41) is 2.85. The lowest BCUT2D eigenvalue weighted by Gasteiger charge is -2.12. The predicted octanol–water partition coefficient (Wildman–Crippen LogP) is 4.28. The van der Waals surface area contributed by atoms with Gasteiger partial charge in [0.15, 0.2) is 5.13 Å². The molecule has 1 aliphatic rings. The van der Waals surface area contributed by atoms with Gasteiger partial charge in [0.05, 0.1) is 16.8 Å². The van der Waals surface area contributed by atoms with Crippen molar-refractivity contribution in [2.45, 2.75) is 0 Å². The van der Waals surface area contributed by atoms with Crippen molar-refractivity contribution in [2.24, 2.45) is 0 Å². The first-order chi connectivity index (χ1) is 16.5. The topological polar surface area (TPSA) is 96.4 Å². The van der Waals surface area contributed by atoms with Crippen LogP contribution in [0.25, 0.3) is 11.3 Å². The molecule has 166 valence electrons. The van der Waals surface area contributed by atoms with E-state index >= 15 is 0 Å². The Morgan fingerprint density at radius 1 is 0.794 bits per heavy atom. The number of amides is 3. The summed E-state index contributed by atoms with van der Waals surface area (Å²) in [6, 6.07) is 24.5. The lowest BCUT2D eigenvalue weighted by atomic mass is 10.1. The predicted molar refractivity (Wildman–Crippen MR) is 128 cm³/mol. The quantitative estimate of drug-likeness (QED) is 0.337. The highest BCUT2D eigenvalue weighted by Crippen LogP contribution is 2.33. The molecule has 4 aromatic rings. The number of ketones is 1. The van der Waals surface area contributed by atoms with E-state index in [0.717, 1.165) is 21.8 Å². The average Bonchev–Trinajstić information content (AvgIpc) is 3.40. The maximum atomic E-state index is 13.2. The molecule has 1 N–H and O–H groups in total. The number of aromatic nitrogens is 1. The van der Waals surface area contributed by atoms with Gasteiger partial charge in [-0.25, -0.2) is 4.98 Å². The minimum atomic E-state index is -0.582. The van der Waals surface area contributed by atoms with Gasteiger partial charge in [0.25, 0.3) is 11.8 Å². The van der Waals surface area contributed by atoms with E-state index in [1.54, 1.807) is 48.5 Å². The molecule has 1 aliphatic heterocycles. The number of anilines is 1. The molecule has 0 aliphatic carbocycles. The Balaban J connectivity index is 1.41. The largest absolute Gasteiger partial charge is 0.300 e. The fourth-order valence-corrected chi connectivity index (χ4v) is 4.69. The maximum absolute atomic E-state index is 13.2. The van der Waals surface area contributed by atoms with Crippen LogP contribution in [0.2, 0.25) is 0 Å². The van der Waals surface area contributed by atoms with Crippen LogP contribution in [0.3, 0.4) is 0 Å². The molecule has 5 rings (SSSR count). The van der Waals surface area contributed by atoms with Gasteiger partial charge in [-0.05, 0) is 12.1 Å². The maximum Gasteiger partial charge on any atom is 0.262 e. The Labute approximate surface area is 198 Å². The Bertz CT molecular complexity index is 1400. The van der Waals surface area contributed by atoms with Crippen LogP contribution >= 0.6 is 11.3 Å². The third kappa shape index (κ3) is 3.91. The van der Waals surface area contributed by atoms with Gasteiger partial charge in [-0.2, -0.15) is 0 Å². The number of rotatable bonds is 6. The van der Waals surface area contributed by atoms with E-state index in [-0.39, 0.29) is 22.0 Å². The zero-order valence-electron chi connectivity index (χ0n) is 17.7. The van der Waals surface area contributed by atoms with Gasteiger partial charge in [0.2, 0.25) is 11.7 Å². The summed E-state index contributed by atoms with van der Waals surface area (Å²) < 4.78 is 0. The molecule has 8 heteroatoms. The molecule has 0 spiro atoms. The van der Waals surface area contributed by atoms with Gasteiger partial charge in [-0.3, -0.25) is 24.1 Å². The second kappa shape index (κ2) is 8.84. The van der Waals surface area contributed by atoms with Crippen LogP contribution in [-0.2, 0) is 4.79 Å². The smallest absolute Gasteiger partial charge is 0.262 e. The second-order valence-electron chi connectivity index (χ2n) is 7.55. The van der Waals surface area contributed by atoms with Crippen LogP contribution in [0.15, 0.2) is 84.9 Å². The molecule has 0 atom stereocenters. The van der Waals surface area contributed by atoms with Crippen molar-refractivity contribution >= 4 is 40.0 Å². The Kier molecular flexibility index (Phi) is 5.57. The van der Waals surface area contributed by atoms with Gasteiger partial charge < -0.3 is 5.32 Å². The summed E-state index contributed by atoms with van der Waals surface area (Å²) in [6.45, 7) is -0.450. The van der Waals surface area contributed by atoms with Crippen molar-refractivity contribution in [1.29, 1.82) is 0 Å². The average molecular weight is 468 g/mol. The van der Waals surface area contributed by atoms with Gasteiger partial charge in [-0.1, -0.05) is 84.1 Å². The van der Waals surface area contributed by atoms with Gasteiger partial charge >= 0.3 is 0 Å². The third-order valence-corrected chi connectivity index (χ3v) is 6.31. The molecule has 34 heavy (non-hydrogen) atoms. The molecule has 2 heterocycles. The highest BCUT2D eigenvalue weighted by molar-refractivity contribution is 7.18. The van der Waals surface area contributed by atoms with Crippen molar-refractivity contribution in [1.82, 2.24) is 9.88 Å². The van der Waals surface area contributed by atoms with E-state index in [1.807, 2.05) is 36.4 Å². The normalized spacial score (nSPS) is 12.5. The molecule has 7 nitrogen and oxygen atoms in total. The first kappa shape index (κ1) is 21.4. The van der Waals surface area contributed by atoms with E-state index in [2.05, 4.69) is 10.3 Å². The summed E-state index contributed by atoms with van der Waals surface area (Å²) in [5.41, 5.74) is 2.25. The zero-order chi connectivity index (χ0) is 23.7. The monoisotopic (exact) mass is 467 g/mol. The first-order valence-electron chi connectivity index (χ1n) is 10.4. The molecule has 0 saturated carbocycles. The zero-order valence-corrected chi connectivity index (χ0v) is 18.5. The second-order valence-corrected chi connectivity index (χ2v) is 8.55. The van der Waals surface area contributed by atoms with Crippen LogP contribution in [0.5, 0.6) is 0 Å². The number of nitrogens with zero attached hydrogens (tertiary/aromatic N) is 2. The summed E-state index contributed by atoms with van der Waals surface area (Å²) in [6.07, 6.45) is 0. The van der Waals surface area contributed by atoms with Gasteiger partial charge in [0.1, 0.15) is 11.4 Å². The molecule has 0 fully saturated rings. The van der Waals surface area contributed by atoms with Crippen molar-refractivity contribution in [2.75, 3.05) is 11.9 Å². The van der Waals surface area contributed by atoms with E-state index in [0.29, 0.717) is 16.1 Å². The van der Waals surface area contributed by atoms with Gasteiger partial charge in [0, 0.05) is 11.1 Å². The minimum Gasteiger partial charge on any atom is -0.300 e. The van der Waals surface area contributed by atoms with Crippen LogP contribution < -0.4 is 5.32 Å². The molecular formula is C26H17N3O4S. The molecule has 1 aromatic heterocycles. The summed E-state index contributed by atoms with van der Waals surface area (Å²) in [7, 11) is 0. The number of carbonyl (C=O) groups excluding carboxylic acids is 4. The molecular weight excluding hydrogens is 450 g/mol. The molecule has 3 aromatic carbocycles. The van der Waals surface area contributed by atoms with E-state index in [4.69, 9.17) is 0 Å². The molecule has 0 saturated heterocycles. The Morgan fingerprint density at radius 3 is 1.97 bits per heavy atom. The summed E-state index contributed by atoms with van der Waals surface area (Å²) >= 11 is 1.05. The molecule has 0 unspecified atom stereocenters. The molecule has 3 amide bonds. The highest BCUT2D eigenvalue weighted by Gasteiger charge is 2.36. The first-order valence-corrected chi connectivity index (χ1v) is 11.3. The lowest BCUT2D eigenvalue weighted by molar-refractivity contribution is -0.116. The SMILES string of the molecule is O=C(CN1C(=O)c2ccccc2C1=O)Nc1nc(-c2ccccc2)c(C(=O)c2ccccc2)s1. The molecule has 0 bridgehead atoms. The van der Waals surface area contributed by atoms with Crippen LogP contribution in [0.4, 0.5) is 5.13 Å². The highest BCUT2D eigenvalue weighted by atomic mass is 32.1. The molecule has 0 radical (unpaired) electrons. The summed E-state index contributed by atoms with van der Waals surface area (Å²) in [5.74, 6) is -1.82. The standard InChI is InChI=1S/C26H17N3O4S/c30-20(15-29-24(32)18-13-7-8-14-19(18)25(29)33)27-26-28-21(16-9-3-1-4-10-16)23(34-26)22(31)17-11-5-2-6-12-17/h1-14H,15H2,(H,27,28,30). The minimum absolute atomic E-state index is 0.208. The summed E-state index contributed by atoms with van der Waals surface area (Å²) in [4.78, 5) is 56.8. The van der Waals surface area contributed by atoms with E-state index in [9.17, 15) is 19.2 Å². The number of thiazole rings is 1. The van der Waals surface area contributed by atoms with Crippen molar-refractivity contribution in [3.8, 4) is 11.3 Å². The Hall–Kier alpha value is -4.43. The lowest BCUT2D eigenvalue weighted by Crippen LogP contribution is -2.37. The van der Waals surface area contributed by atoms with Crippen molar-refractivity contribution in [3.05, 3.63) is 106 Å². The van der Waals surface area contributed by atoms with Crippen molar-refractivity contribution in [3.63, 3.8) is 0 Å². The third-order valence-electron chi connectivity index (χ3n) is 5.34. The van der Waals surface area contributed by atoms with Crippen LogP contribution in [-0.4, -0.2) is 39.9 Å². The number of benzene rings is 3. The van der Waals surface area contributed by atoms with E-state index in [1.165, 1.54) is 0 Å². The fourth-order valence-electron chi connectivity index (χ4n) is 3.72. The number of fused-ring (bicyclic) bond motifs is 1. The van der Waals surface area contributed by atoms with Gasteiger partial charge in [-0.15, -0.1) is 0 Å². The number of carbonyl (C=O) groups is 4. The number of hydrogen-bond acceptors (Lipinski definition) is 6. The number of hydrogen-bond donors (Lipinski definition) is 1. The Morgan fingerprint density at radius 2 is 1.35 bits per heavy atom. The number of nitrogens with one attached hydrogen (secondary N) is 1. The van der Waals surface area contributed by atoms with E-state index < -0.39 is 24.3 Å². The van der Waals surface area contributed by atoms with Crippen LogP contribution in [0, 0.1) is 0 Å². The van der Waals surface area contributed by atoms with Crippen molar-refractivity contribution < 1.29 is 19.2 Å². The fraction of sp³-hybridized carbons (Fsp3) is 0.0385. The number of imide groups is 1.